The Labute approximate surface area is 196 Å². The number of nitrogens with zero attached hydrogens (tertiary/aromatic N) is 5. The smallest absolute Gasteiger partial charge is 0.202 e. The molecule has 2 aromatic carbocycles. The van der Waals surface area contributed by atoms with Crippen LogP contribution in [0.3, 0.4) is 0 Å². The number of pyridine rings is 1. The monoisotopic (exact) mass is 468 g/mol. The standard InChI is InChI=1S/C12H10ClN5.C9H11NO.2CH2O/c1-14-9-5-4-8(13)7-11(9)18-10-3-2-6-15-12(10)16-17-18;1-7-3-5-9(6-4-7)8(2)10-11;2*1-2/h2-7,14H,1H3;3-6,11H,1-2H3;2*1H2/b;10-8-;;. The van der Waals surface area contributed by atoms with Gasteiger partial charge in [0.25, 0.3) is 0 Å². The van der Waals surface area contributed by atoms with Crippen LogP contribution < -0.4 is 5.32 Å². The summed E-state index contributed by atoms with van der Waals surface area (Å²) in [5, 5.41) is 23.5. The molecule has 0 radical (unpaired) electrons. The van der Waals surface area contributed by atoms with Crippen molar-refractivity contribution in [2.45, 2.75) is 13.8 Å². The fraction of sp³-hybridized carbons (Fsp3) is 0.130. The Balaban J connectivity index is 0.000000313. The summed E-state index contributed by atoms with van der Waals surface area (Å²) in [6.45, 7) is 7.79. The number of rotatable bonds is 3. The highest BCUT2D eigenvalue weighted by molar-refractivity contribution is 6.30. The second-order valence-corrected chi connectivity index (χ2v) is 6.75. The van der Waals surface area contributed by atoms with Crippen LogP contribution in [0.5, 0.6) is 0 Å². The summed E-state index contributed by atoms with van der Waals surface area (Å²) in [7, 11) is 1.85. The number of nitrogens with one attached hydrogen (secondary N) is 1. The Kier molecular flexibility index (Phi) is 11.5. The van der Waals surface area contributed by atoms with Crippen LogP contribution in [0.2, 0.25) is 5.02 Å². The van der Waals surface area contributed by atoms with Crippen LogP contribution in [-0.4, -0.2) is 51.5 Å². The molecule has 0 aliphatic rings. The second kappa shape index (κ2) is 14.0. The molecule has 0 atom stereocenters. The second-order valence-electron chi connectivity index (χ2n) is 6.31. The zero-order valence-electron chi connectivity index (χ0n) is 18.6. The summed E-state index contributed by atoms with van der Waals surface area (Å²) in [5.74, 6) is 0. The predicted molar refractivity (Wildman–Crippen MR) is 131 cm³/mol. The van der Waals surface area contributed by atoms with Crippen molar-refractivity contribution < 1.29 is 14.8 Å². The predicted octanol–water partition coefficient (Wildman–Crippen LogP) is 4.33. The number of halogens is 1. The highest BCUT2D eigenvalue weighted by Crippen LogP contribution is 2.25. The van der Waals surface area contributed by atoms with Crippen LogP contribution in [0.15, 0.2) is 65.9 Å². The number of aromatic nitrogens is 4. The van der Waals surface area contributed by atoms with E-state index in [2.05, 4.69) is 25.8 Å². The molecule has 2 heterocycles. The molecule has 33 heavy (non-hydrogen) atoms. The molecule has 172 valence electrons. The molecular weight excluding hydrogens is 444 g/mol. The largest absolute Gasteiger partial charge is 0.411 e. The Bertz CT molecular complexity index is 1180. The topological polar surface area (TPSA) is 122 Å². The van der Waals surface area contributed by atoms with Gasteiger partial charge in [-0.2, -0.15) is 0 Å². The van der Waals surface area contributed by atoms with E-state index in [1.54, 1.807) is 17.8 Å². The van der Waals surface area contributed by atoms with Gasteiger partial charge in [0.15, 0.2) is 0 Å². The van der Waals surface area contributed by atoms with E-state index >= 15 is 0 Å². The van der Waals surface area contributed by atoms with E-state index < -0.39 is 0 Å². The molecule has 0 bridgehead atoms. The van der Waals surface area contributed by atoms with Gasteiger partial charge in [0.05, 0.1) is 17.1 Å². The van der Waals surface area contributed by atoms with Gasteiger partial charge in [0.1, 0.15) is 19.1 Å². The van der Waals surface area contributed by atoms with Crippen LogP contribution in [0.1, 0.15) is 18.1 Å². The first-order valence-electron chi connectivity index (χ1n) is 9.51. The molecule has 9 nitrogen and oxygen atoms in total. The maximum absolute atomic E-state index is 8.45. The molecule has 4 aromatic rings. The summed E-state index contributed by atoms with van der Waals surface area (Å²) in [6, 6.07) is 17.2. The Hall–Kier alpha value is -4.11. The third kappa shape index (κ3) is 7.22. The number of oxime groups is 1. The van der Waals surface area contributed by atoms with E-state index in [0.717, 1.165) is 22.5 Å². The minimum Gasteiger partial charge on any atom is -0.411 e. The molecule has 0 spiro atoms. The zero-order valence-corrected chi connectivity index (χ0v) is 19.3. The van der Waals surface area contributed by atoms with E-state index in [1.807, 2.05) is 82.1 Å². The first-order chi connectivity index (χ1) is 16.0. The number of carbonyl (C=O) groups is 2. The maximum atomic E-state index is 8.45. The first kappa shape index (κ1) is 26.9. The molecule has 0 amide bonds. The van der Waals surface area contributed by atoms with Crippen LogP contribution in [0.4, 0.5) is 5.69 Å². The Morgan fingerprint density at radius 3 is 2.36 bits per heavy atom. The SMILES string of the molecule is C/C(=N/O)c1ccc(C)cc1.C=O.C=O.CNc1ccc(Cl)cc1-n1nnc2ncccc21. The van der Waals surface area contributed by atoms with Crippen molar-refractivity contribution in [3.05, 3.63) is 76.9 Å². The fourth-order valence-electron chi connectivity index (χ4n) is 2.69. The van der Waals surface area contributed by atoms with Crippen molar-refractivity contribution in [1.29, 1.82) is 0 Å². The molecular formula is C23H25ClN6O3. The molecule has 0 aliphatic carbocycles. The number of anilines is 1. The van der Waals surface area contributed by atoms with Gasteiger partial charge < -0.3 is 20.1 Å². The molecule has 0 saturated carbocycles. The van der Waals surface area contributed by atoms with Crippen molar-refractivity contribution in [3.8, 4) is 5.69 Å². The number of aryl methyl sites for hydroxylation is 1. The average Bonchev–Trinajstić information content (AvgIpc) is 3.31. The first-order valence-corrected chi connectivity index (χ1v) is 9.89. The van der Waals surface area contributed by atoms with Crippen LogP contribution in [-0.2, 0) is 9.59 Å². The van der Waals surface area contributed by atoms with Crippen molar-refractivity contribution >= 4 is 47.7 Å². The van der Waals surface area contributed by atoms with Gasteiger partial charge in [-0.3, -0.25) is 0 Å². The highest BCUT2D eigenvalue weighted by atomic mass is 35.5. The van der Waals surface area contributed by atoms with E-state index in [9.17, 15) is 0 Å². The quantitative estimate of drug-likeness (QED) is 0.260. The number of fused-ring (bicyclic) bond motifs is 1. The van der Waals surface area contributed by atoms with E-state index in [0.29, 0.717) is 16.4 Å². The molecule has 0 saturated heterocycles. The minimum absolute atomic E-state index is 0.611. The van der Waals surface area contributed by atoms with Crippen LogP contribution in [0, 0.1) is 6.92 Å². The lowest BCUT2D eigenvalue weighted by Gasteiger charge is -2.09. The molecule has 0 aliphatic heterocycles. The van der Waals surface area contributed by atoms with Crippen molar-refractivity contribution in [3.63, 3.8) is 0 Å². The number of hydrogen-bond donors (Lipinski definition) is 2. The summed E-state index contributed by atoms with van der Waals surface area (Å²) in [6.07, 6.45) is 1.69. The normalized spacial score (nSPS) is 10.0. The average molecular weight is 469 g/mol. The number of benzene rings is 2. The number of hydrogen-bond acceptors (Lipinski definition) is 8. The van der Waals surface area contributed by atoms with E-state index in [4.69, 9.17) is 26.4 Å². The Morgan fingerprint density at radius 2 is 1.76 bits per heavy atom. The van der Waals surface area contributed by atoms with Crippen molar-refractivity contribution in [2.75, 3.05) is 12.4 Å². The van der Waals surface area contributed by atoms with Crippen LogP contribution in [0.25, 0.3) is 16.9 Å². The van der Waals surface area contributed by atoms with E-state index in [-0.39, 0.29) is 0 Å². The third-order valence-corrected chi connectivity index (χ3v) is 4.53. The highest BCUT2D eigenvalue weighted by Gasteiger charge is 2.10. The minimum atomic E-state index is 0.611. The van der Waals surface area contributed by atoms with Gasteiger partial charge in [-0.1, -0.05) is 51.8 Å². The molecule has 2 aromatic heterocycles. The van der Waals surface area contributed by atoms with Gasteiger partial charge >= 0.3 is 0 Å². The summed E-state index contributed by atoms with van der Waals surface area (Å²) < 4.78 is 1.72. The van der Waals surface area contributed by atoms with Gasteiger partial charge in [0.2, 0.25) is 5.65 Å². The lowest BCUT2D eigenvalue weighted by atomic mass is 10.1. The van der Waals surface area contributed by atoms with Gasteiger partial charge in [0, 0.05) is 18.3 Å². The Morgan fingerprint density at radius 1 is 1.09 bits per heavy atom. The summed E-state index contributed by atoms with van der Waals surface area (Å²) in [4.78, 5) is 20.2. The van der Waals surface area contributed by atoms with E-state index in [1.165, 1.54) is 5.56 Å². The van der Waals surface area contributed by atoms with Gasteiger partial charge in [-0.15, -0.1) is 5.10 Å². The maximum Gasteiger partial charge on any atom is 0.202 e. The molecule has 4 rings (SSSR count). The molecule has 0 unspecified atom stereocenters. The summed E-state index contributed by atoms with van der Waals surface area (Å²) in [5.41, 5.74) is 6.04. The molecule has 2 N–H and O–H groups in total. The lowest BCUT2D eigenvalue weighted by molar-refractivity contribution is -0.0987. The number of carbonyl (C=O) groups excluding carboxylic acids is 2. The lowest BCUT2D eigenvalue weighted by Crippen LogP contribution is -2.02. The van der Waals surface area contributed by atoms with Gasteiger partial charge in [-0.05, 0) is 49.7 Å². The van der Waals surface area contributed by atoms with Crippen molar-refractivity contribution in [1.82, 2.24) is 20.0 Å². The van der Waals surface area contributed by atoms with Crippen LogP contribution >= 0.6 is 11.6 Å². The zero-order chi connectivity index (χ0) is 24.8. The van der Waals surface area contributed by atoms with Crippen molar-refractivity contribution in [2.24, 2.45) is 5.16 Å². The third-order valence-electron chi connectivity index (χ3n) is 4.30. The molecule has 0 fully saturated rings. The fourth-order valence-corrected chi connectivity index (χ4v) is 2.85. The summed E-state index contributed by atoms with van der Waals surface area (Å²) >= 11 is 6.04. The van der Waals surface area contributed by atoms with Gasteiger partial charge in [-0.25, -0.2) is 9.67 Å². The molecule has 10 heteroatoms.